The van der Waals surface area contributed by atoms with Crippen LogP contribution in [-0.2, 0) is 19.7 Å². The molecule has 1 atom stereocenters. The Balaban J connectivity index is -0.00000420. The van der Waals surface area contributed by atoms with Crippen LogP contribution in [0.1, 0.15) is 105 Å². The van der Waals surface area contributed by atoms with Crippen molar-refractivity contribution in [3.05, 3.63) is 0 Å². The van der Waals surface area contributed by atoms with Crippen molar-refractivity contribution in [2.75, 3.05) is 0 Å². The molecular weight excluding hydrogens is 486 g/mol. The summed E-state index contributed by atoms with van der Waals surface area (Å²) in [5.41, 5.74) is -2.19. The first-order valence-electron chi connectivity index (χ1n) is 11.2. The Morgan fingerprint density at radius 1 is 0.750 bits per heavy atom. The maximum Gasteiger partial charge on any atom is 1.00 e. The molecule has 0 heterocycles. The fourth-order valence-corrected chi connectivity index (χ4v) is 5.17. The van der Waals surface area contributed by atoms with Crippen LogP contribution in [0.5, 0.6) is 0 Å². The van der Waals surface area contributed by atoms with E-state index in [0.717, 1.165) is 38.5 Å². The van der Waals surface area contributed by atoms with E-state index in [4.69, 9.17) is 0 Å². The maximum atomic E-state index is 12.1. The molecule has 1 N–H and O–H groups in total. The first-order chi connectivity index (χ1) is 13.8. The van der Waals surface area contributed by atoms with Crippen molar-refractivity contribution < 1.29 is 136 Å². The van der Waals surface area contributed by atoms with E-state index in [1.54, 1.807) is 0 Å². The molecule has 0 spiro atoms. The number of carboxylic acid groups (broad SMARTS) is 2. The summed E-state index contributed by atoms with van der Waals surface area (Å²) in [6.45, 7) is 8.44. The van der Waals surface area contributed by atoms with Gasteiger partial charge in [-0.25, -0.2) is 0 Å². The van der Waals surface area contributed by atoms with Crippen LogP contribution in [0.15, 0.2) is 0 Å². The zero-order valence-corrected chi connectivity index (χ0v) is 28.1. The first-order valence-corrected chi connectivity index (χ1v) is 12.7. The van der Waals surface area contributed by atoms with Gasteiger partial charge in [-0.2, -0.15) is 8.42 Å². The van der Waals surface area contributed by atoms with E-state index in [2.05, 4.69) is 27.7 Å². The third-order valence-corrected chi connectivity index (χ3v) is 6.97. The largest absolute Gasteiger partial charge is 1.00 e. The maximum absolute atomic E-state index is 12.1. The van der Waals surface area contributed by atoms with Crippen LogP contribution in [0, 0.1) is 17.3 Å². The second kappa shape index (κ2) is 20.2. The molecule has 0 aliphatic carbocycles. The van der Waals surface area contributed by atoms with Crippen LogP contribution in [0.3, 0.4) is 0 Å². The Labute approximate surface area is 280 Å². The zero-order valence-electron chi connectivity index (χ0n) is 21.0. The van der Waals surface area contributed by atoms with E-state index < -0.39 is 32.7 Å². The minimum atomic E-state index is -5.17. The average Bonchev–Trinajstić information content (AvgIpc) is 2.58. The van der Waals surface area contributed by atoms with Crippen molar-refractivity contribution in [1.82, 2.24) is 0 Å². The minimum Gasteiger partial charge on any atom is -0.549 e. The van der Waals surface area contributed by atoms with E-state index in [-0.39, 0.29) is 116 Å². The summed E-state index contributed by atoms with van der Waals surface area (Å²) in [4.78, 5) is 23.6. The number of hydrogen-bond acceptors (Lipinski definition) is 6. The van der Waals surface area contributed by atoms with E-state index in [0.29, 0.717) is 37.5 Å². The van der Waals surface area contributed by atoms with Crippen molar-refractivity contribution >= 4 is 22.1 Å². The molecule has 0 aliphatic heterocycles. The van der Waals surface area contributed by atoms with Gasteiger partial charge in [0.1, 0.15) is 5.25 Å². The van der Waals surface area contributed by atoms with Crippen LogP contribution in [0.25, 0.3) is 0 Å². The molecule has 0 bridgehead atoms. The molecule has 178 valence electrons. The molecule has 0 aromatic heterocycles. The van der Waals surface area contributed by atoms with Gasteiger partial charge in [0.15, 0.2) is 0 Å². The van der Waals surface area contributed by atoms with Crippen LogP contribution in [0.2, 0.25) is 0 Å². The van der Waals surface area contributed by atoms with Gasteiger partial charge in [0.05, 0.1) is 5.97 Å². The monoisotopic (exact) mass is 526 g/mol. The third kappa shape index (κ3) is 16.0. The molecule has 1 unspecified atom stereocenters. The van der Waals surface area contributed by atoms with E-state index in [1.807, 2.05) is 0 Å². The Morgan fingerprint density at radius 2 is 1.09 bits per heavy atom. The van der Waals surface area contributed by atoms with Crippen molar-refractivity contribution in [3.8, 4) is 0 Å². The van der Waals surface area contributed by atoms with Gasteiger partial charge in [0.2, 0.25) is 0 Å². The Hall–Kier alpha value is 2.12. The van der Waals surface area contributed by atoms with Gasteiger partial charge in [-0.15, -0.1) is 0 Å². The molecule has 0 aromatic rings. The Bertz CT molecular complexity index is 602. The molecule has 0 aliphatic rings. The number of hydrogen-bond donors (Lipinski definition) is 1. The molecular formula is C22H40K2O7S. The zero-order chi connectivity index (χ0) is 23.4. The SMILES string of the molecule is CC(C)CCCCCCC(CCCCCCC(C)C)(C(=O)[O-])C(C(=O)[O-])S(=O)(=O)O.[K+].[K+]. The van der Waals surface area contributed by atoms with E-state index in [1.165, 1.54) is 0 Å². The molecule has 0 rings (SSSR count). The molecule has 7 nitrogen and oxygen atoms in total. The van der Waals surface area contributed by atoms with Gasteiger partial charge in [-0.3, -0.25) is 4.55 Å². The summed E-state index contributed by atoms with van der Waals surface area (Å²) >= 11 is 0. The van der Waals surface area contributed by atoms with Gasteiger partial charge in [0, 0.05) is 11.4 Å². The van der Waals surface area contributed by atoms with Crippen molar-refractivity contribution in [3.63, 3.8) is 0 Å². The van der Waals surface area contributed by atoms with Gasteiger partial charge in [-0.1, -0.05) is 91.9 Å². The number of carbonyl (C=O) groups excluding carboxylic acids is 2. The molecule has 0 radical (unpaired) electrons. The van der Waals surface area contributed by atoms with Gasteiger partial charge in [0.25, 0.3) is 10.1 Å². The van der Waals surface area contributed by atoms with Gasteiger partial charge < -0.3 is 19.8 Å². The summed E-state index contributed by atoms with van der Waals surface area (Å²) < 4.78 is 33.1. The summed E-state index contributed by atoms with van der Waals surface area (Å²) in [6, 6.07) is 0. The van der Waals surface area contributed by atoms with E-state index >= 15 is 0 Å². The topological polar surface area (TPSA) is 135 Å². The molecule has 32 heavy (non-hydrogen) atoms. The molecule has 0 aromatic carbocycles. The normalized spacial score (nSPS) is 12.8. The molecule has 0 fully saturated rings. The van der Waals surface area contributed by atoms with Crippen LogP contribution in [-0.4, -0.2) is 30.2 Å². The number of rotatable bonds is 18. The van der Waals surface area contributed by atoms with Crippen molar-refractivity contribution in [1.29, 1.82) is 0 Å². The fourth-order valence-electron chi connectivity index (χ4n) is 4.02. The third-order valence-electron chi connectivity index (χ3n) is 5.73. The predicted molar refractivity (Wildman–Crippen MR) is 113 cm³/mol. The smallest absolute Gasteiger partial charge is 0.549 e. The molecule has 0 saturated carbocycles. The summed E-state index contributed by atoms with van der Waals surface area (Å²) in [5, 5.41) is 21.1. The van der Waals surface area contributed by atoms with E-state index in [9.17, 15) is 32.8 Å². The standard InChI is InChI=1S/C22H42O7S.2K/c1-17(2)13-9-5-7-11-15-22(21(25)26,19(20(23)24)30(27,28)29)16-12-8-6-10-14-18(3)4;;/h17-19H,5-16H2,1-4H3,(H,23,24)(H,25,26)(H,27,28,29);;/q;2*+1/p-2. The summed E-state index contributed by atoms with van der Waals surface area (Å²) in [5.74, 6) is -2.73. The van der Waals surface area contributed by atoms with Crippen molar-refractivity contribution in [2.45, 2.75) is 110 Å². The van der Waals surface area contributed by atoms with Crippen LogP contribution < -0.4 is 113 Å². The molecule has 10 heteroatoms. The number of carbonyl (C=O) groups is 2. The van der Waals surface area contributed by atoms with Gasteiger partial charge >= 0.3 is 103 Å². The second-order valence-electron chi connectivity index (χ2n) is 9.35. The molecule has 0 amide bonds. The second-order valence-corrected chi connectivity index (χ2v) is 10.9. The number of carboxylic acids is 2. The minimum absolute atomic E-state index is 0. The summed E-state index contributed by atoms with van der Waals surface area (Å²) in [6.07, 6.45) is 7.34. The van der Waals surface area contributed by atoms with Gasteiger partial charge in [-0.05, 0) is 24.7 Å². The quantitative estimate of drug-likeness (QED) is 0.112. The predicted octanol–water partition coefficient (Wildman–Crippen LogP) is -3.27. The Kier molecular flexibility index (Phi) is 24.4. The van der Waals surface area contributed by atoms with Crippen molar-refractivity contribution in [2.24, 2.45) is 17.3 Å². The van der Waals surface area contributed by atoms with Crippen LogP contribution >= 0.6 is 0 Å². The summed E-state index contributed by atoms with van der Waals surface area (Å²) in [7, 11) is -5.17. The number of unbranched alkanes of at least 4 members (excludes halogenated alkanes) is 6. The number of aliphatic carboxylic acids is 2. The average molecular weight is 527 g/mol. The first kappa shape index (κ1) is 38.6. The van der Waals surface area contributed by atoms with Crippen LogP contribution in [0.4, 0.5) is 0 Å². The molecule has 0 saturated heterocycles. The Morgan fingerprint density at radius 3 is 1.34 bits per heavy atom. The fraction of sp³-hybridized carbons (Fsp3) is 0.909.